The predicted octanol–water partition coefficient (Wildman–Crippen LogP) is 1.03. The fourth-order valence-corrected chi connectivity index (χ4v) is 4.34. The maximum absolute atomic E-state index is 12.7. The highest BCUT2D eigenvalue weighted by Crippen LogP contribution is 2.38. The second kappa shape index (κ2) is 6.77. The zero-order valence-electron chi connectivity index (χ0n) is 13.9. The van der Waals surface area contributed by atoms with Crippen LogP contribution >= 0.6 is 0 Å². The van der Waals surface area contributed by atoms with E-state index in [0.29, 0.717) is 0 Å². The molecule has 10 heteroatoms. The van der Waals surface area contributed by atoms with Crippen LogP contribution in [0.4, 0.5) is 5.69 Å². The predicted molar refractivity (Wildman–Crippen MR) is 89.5 cm³/mol. The van der Waals surface area contributed by atoms with Crippen molar-refractivity contribution in [1.82, 2.24) is 10.0 Å². The average molecular weight is 371 g/mol. The molecule has 25 heavy (non-hydrogen) atoms. The Morgan fingerprint density at radius 2 is 1.84 bits per heavy atom. The molecule has 1 fully saturated rings. The first-order valence-corrected chi connectivity index (χ1v) is 9.58. The van der Waals surface area contributed by atoms with Crippen LogP contribution in [0.1, 0.15) is 19.8 Å². The summed E-state index contributed by atoms with van der Waals surface area (Å²) in [7, 11) is -4.05. The van der Waals surface area contributed by atoms with Gasteiger partial charge in [-0.2, -0.15) is 0 Å². The van der Waals surface area contributed by atoms with Crippen LogP contribution < -0.4 is 19.5 Å². The molecule has 2 aliphatic heterocycles. The van der Waals surface area contributed by atoms with Crippen molar-refractivity contribution in [3.8, 4) is 11.5 Å². The smallest absolute Gasteiger partial charge is 0.293 e. The lowest BCUT2D eigenvalue weighted by atomic mass is 9.81. The highest BCUT2D eigenvalue weighted by molar-refractivity contribution is 7.89. The molecule has 1 saturated heterocycles. The van der Waals surface area contributed by atoms with E-state index in [1.165, 1.54) is 6.07 Å². The first kappa shape index (κ1) is 17.9. The van der Waals surface area contributed by atoms with Crippen molar-refractivity contribution >= 4 is 15.7 Å². The summed E-state index contributed by atoms with van der Waals surface area (Å²) in [5.41, 5.74) is -0.701. The van der Waals surface area contributed by atoms with Crippen molar-refractivity contribution in [1.29, 1.82) is 0 Å². The van der Waals surface area contributed by atoms with E-state index >= 15 is 0 Å². The van der Waals surface area contributed by atoms with Crippen LogP contribution in [-0.4, -0.2) is 46.2 Å². The number of nitrogens with one attached hydrogen (secondary N) is 2. The maximum atomic E-state index is 12.7. The summed E-state index contributed by atoms with van der Waals surface area (Å²) in [5, 5.41) is 14.6. The lowest BCUT2D eigenvalue weighted by Crippen LogP contribution is -2.42. The Morgan fingerprint density at radius 3 is 2.44 bits per heavy atom. The minimum absolute atomic E-state index is 0.180. The van der Waals surface area contributed by atoms with Gasteiger partial charge in [0, 0.05) is 12.6 Å². The summed E-state index contributed by atoms with van der Waals surface area (Å²) in [6.07, 6.45) is 1.66. The van der Waals surface area contributed by atoms with Crippen LogP contribution in [0, 0.1) is 15.5 Å². The number of benzene rings is 1. The molecule has 0 spiro atoms. The van der Waals surface area contributed by atoms with Gasteiger partial charge in [-0.1, -0.05) is 6.92 Å². The van der Waals surface area contributed by atoms with Gasteiger partial charge in [-0.25, -0.2) is 13.1 Å². The van der Waals surface area contributed by atoms with Gasteiger partial charge in [0.25, 0.3) is 5.69 Å². The summed E-state index contributed by atoms with van der Waals surface area (Å²) >= 11 is 0. The number of hydrogen-bond acceptors (Lipinski definition) is 7. The van der Waals surface area contributed by atoms with Gasteiger partial charge in [0.2, 0.25) is 10.0 Å². The van der Waals surface area contributed by atoms with Gasteiger partial charge in [-0.15, -0.1) is 0 Å². The van der Waals surface area contributed by atoms with Crippen molar-refractivity contribution in [3.05, 3.63) is 22.2 Å². The molecule has 0 radical (unpaired) electrons. The molecule has 1 aromatic rings. The van der Waals surface area contributed by atoms with E-state index in [-0.39, 0.29) is 36.7 Å². The van der Waals surface area contributed by atoms with Gasteiger partial charge in [-0.3, -0.25) is 10.1 Å². The molecule has 0 bridgehead atoms. The zero-order chi connectivity index (χ0) is 18.1. The monoisotopic (exact) mass is 371 g/mol. The quantitative estimate of drug-likeness (QED) is 0.586. The minimum Gasteiger partial charge on any atom is -0.486 e. The molecule has 3 rings (SSSR count). The fourth-order valence-electron chi connectivity index (χ4n) is 2.97. The Kier molecular flexibility index (Phi) is 4.85. The standard InChI is InChI=1S/C15H21N3O6S/c1-15(2-4-16-5-3-15)10-17-25(21,22)14-9-13-12(23-6-7-24-13)8-11(14)18(19)20/h8-9,16-17H,2-7,10H2,1H3. The largest absolute Gasteiger partial charge is 0.486 e. The molecular weight excluding hydrogens is 350 g/mol. The molecule has 0 aromatic heterocycles. The highest BCUT2D eigenvalue weighted by atomic mass is 32.2. The number of ether oxygens (including phenoxy) is 2. The normalized spacial score (nSPS) is 19.4. The van der Waals surface area contributed by atoms with E-state index in [1.54, 1.807) is 0 Å². The molecule has 2 N–H and O–H groups in total. The molecule has 2 aliphatic rings. The van der Waals surface area contributed by atoms with Crippen LogP contribution in [0.15, 0.2) is 17.0 Å². The Balaban J connectivity index is 1.89. The molecule has 9 nitrogen and oxygen atoms in total. The van der Waals surface area contributed by atoms with Crippen LogP contribution in [0.2, 0.25) is 0 Å². The van der Waals surface area contributed by atoms with Gasteiger partial charge >= 0.3 is 0 Å². The SMILES string of the molecule is CC1(CNS(=O)(=O)c2cc3c(cc2[N+](=O)[O-])OCCO3)CCNCC1. The molecule has 0 amide bonds. The number of piperidine rings is 1. The van der Waals surface area contributed by atoms with Crippen LogP contribution in [0.3, 0.4) is 0 Å². The number of fused-ring (bicyclic) bond motifs is 1. The number of nitrogens with zero attached hydrogens (tertiary/aromatic N) is 1. The summed E-state index contributed by atoms with van der Waals surface area (Å²) in [4.78, 5) is 10.2. The summed E-state index contributed by atoms with van der Waals surface area (Å²) in [6.45, 7) is 4.41. The number of sulfonamides is 1. The highest BCUT2D eigenvalue weighted by Gasteiger charge is 2.33. The van der Waals surface area contributed by atoms with Crippen molar-refractivity contribution in [2.75, 3.05) is 32.8 Å². The van der Waals surface area contributed by atoms with Crippen molar-refractivity contribution in [2.45, 2.75) is 24.7 Å². The second-order valence-electron chi connectivity index (χ2n) is 6.61. The van der Waals surface area contributed by atoms with E-state index in [2.05, 4.69) is 10.0 Å². The van der Waals surface area contributed by atoms with E-state index in [9.17, 15) is 18.5 Å². The Morgan fingerprint density at radius 1 is 1.24 bits per heavy atom. The van der Waals surface area contributed by atoms with Crippen molar-refractivity contribution < 1.29 is 22.8 Å². The Hall–Kier alpha value is -1.91. The molecule has 0 aliphatic carbocycles. The lowest BCUT2D eigenvalue weighted by molar-refractivity contribution is -0.388. The molecule has 1 aromatic carbocycles. The van der Waals surface area contributed by atoms with Gasteiger partial charge in [0.15, 0.2) is 16.4 Å². The zero-order valence-corrected chi connectivity index (χ0v) is 14.7. The Bertz CT molecular complexity index is 774. The van der Waals surface area contributed by atoms with Crippen LogP contribution in [0.25, 0.3) is 0 Å². The topological polar surface area (TPSA) is 120 Å². The summed E-state index contributed by atoms with van der Waals surface area (Å²) < 4.78 is 38.6. The number of nitro benzene ring substituents is 1. The molecule has 2 heterocycles. The maximum Gasteiger partial charge on any atom is 0.293 e. The van der Waals surface area contributed by atoms with Crippen LogP contribution in [0.5, 0.6) is 11.5 Å². The fraction of sp³-hybridized carbons (Fsp3) is 0.600. The second-order valence-corrected chi connectivity index (χ2v) is 8.34. The number of rotatable bonds is 5. The van der Waals surface area contributed by atoms with E-state index in [0.717, 1.165) is 32.0 Å². The van der Waals surface area contributed by atoms with E-state index in [1.807, 2.05) is 6.92 Å². The number of nitro groups is 1. The molecule has 0 saturated carbocycles. The minimum atomic E-state index is -4.05. The third-order valence-electron chi connectivity index (χ3n) is 4.61. The van der Waals surface area contributed by atoms with Gasteiger partial charge in [-0.05, 0) is 31.3 Å². The number of hydrogen-bond donors (Lipinski definition) is 2. The lowest BCUT2D eigenvalue weighted by Gasteiger charge is -2.34. The van der Waals surface area contributed by atoms with Gasteiger partial charge in [0.05, 0.1) is 11.0 Å². The van der Waals surface area contributed by atoms with E-state index in [4.69, 9.17) is 9.47 Å². The molecule has 138 valence electrons. The molecule has 0 atom stereocenters. The van der Waals surface area contributed by atoms with Crippen LogP contribution in [-0.2, 0) is 10.0 Å². The van der Waals surface area contributed by atoms with Gasteiger partial charge in [0.1, 0.15) is 13.2 Å². The van der Waals surface area contributed by atoms with Gasteiger partial charge < -0.3 is 14.8 Å². The third kappa shape index (κ3) is 3.86. The molecular formula is C15H21N3O6S. The summed E-state index contributed by atoms with van der Waals surface area (Å²) in [6, 6.07) is 2.27. The third-order valence-corrected chi connectivity index (χ3v) is 6.04. The van der Waals surface area contributed by atoms with E-state index < -0.39 is 25.5 Å². The first-order chi connectivity index (χ1) is 11.8. The first-order valence-electron chi connectivity index (χ1n) is 8.09. The average Bonchev–Trinajstić information content (AvgIpc) is 2.60. The van der Waals surface area contributed by atoms with Crippen molar-refractivity contribution in [3.63, 3.8) is 0 Å². The Labute approximate surface area is 145 Å². The molecule has 0 unspecified atom stereocenters. The summed E-state index contributed by atoms with van der Waals surface area (Å²) in [5.74, 6) is 0.382. The van der Waals surface area contributed by atoms with Crippen molar-refractivity contribution in [2.24, 2.45) is 5.41 Å².